The number of benzene rings is 2. The Morgan fingerprint density at radius 2 is 1.92 bits per heavy atom. The zero-order valence-electron chi connectivity index (χ0n) is 13.8. The summed E-state index contributed by atoms with van der Waals surface area (Å²) in [5.41, 5.74) is 2.92. The van der Waals surface area contributed by atoms with Crippen LogP contribution in [0.15, 0.2) is 58.3 Å². The average Bonchev–Trinajstić information content (AvgIpc) is 2.88. The Labute approximate surface area is 149 Å². The molecule has 0 aliphatic carbocycles. The molecule has 0 amide bonds. The summed E-state index contributed by atoms with van der Waals surface area (Å²) in [6.45, 7) is 3.32. The van der Waals surface area contributed by atoms with E-state index in [1.165, 1.54) is 17.8 Å². The van der Waals surface area contributed by atoms with Gasteiger partial charge in [-0.15, -0.1) is 0 Å². The summed E-state index contributed by atoms with van der Waals surface area (Å²) in [7, 11) is 0. The van der Waals surface area contributed by atoms with Crippen LogP contribution in [0.1, 0.15) is 28.5 Å². The van der Waals surface area contributed by atoms with Crippen molar-refractivity contribution in [1.29, 1.82) is 0 Å². The van der Waals surface area contributed by atoms with Gasteiger partial charge in [0.05, 0.1) is 16.9 Å². The van der Waals surface area contributed by atoms with Crippen LogP contribution in [-0.4, -0.2) is 21.8 Å². The van der Waals surface area contributed by atoms with Crippen molar-refractivity contribution in [3.8, 4) is 5.69 Å². The second kappa shape index (κ2) is 6.91. The largest absolute Gasteiger partial charge is 0.295 e. The van der Waals surface area contributed by atoms with Crippen LogP contribution < -0.4 is 5.56 Å². The predicted molar refractivity (Wildman–Crippen MR) is 99.8 cm³/mol. The van der Waals surface area contributed by atoms with Crippen LogP contribution in [0.4, 0.5) is 5.69 Å². The van der Waals surface area contributed by atoms with Crippen LogP contribution in [-0.2, 0) is 0 Å². The highest BCUT2D eigenvalue weighted by Crippen LogP contribution is 2.15. The highest BCUT2D eigenvalue weighted by atomic mass is 35.5. The molecular formula is C19H16ClN3O2. The molecule has 0 atom stereocenters. The number of hydrogen-bond acceptors (Lipinski definition) is 3. The van der Waals surface area contributed by atoms with Gasteiger partial charge in [0.25, 0.3) is 5.56 Å². The molecule has 0 aliphatic heterocycles. The molecule has 126 valence electrons. The minimum Gasteiger partial charge on any atom is -0.295 e. The Hall–Kier alpha value is -2.92. The average molecular weight is 354 g/mol. The molecule has 0 radical (unpaired) electrons. The monoisotopic (exact) mass is 353 g/mol. The number of halogens is 1. The van der Waals surface area contributed by atoms with E-state index in [1.54, 1.807) is 48.5 Å². The van der Waals surface area contributed by atoms with Crippen LogP contribution in [0, 0.1) is 6.92 Å². The molecule has 0 bridgehead atoms. The Balaban J connectivity index is 1.93. The van der Waals surface area contributed by atoms with Crippen molar-refractivity contribution in [3.05, 3.63) is 80.7 Å². The molecular weight excluding hydrogens is 338 g/mol. The minimum atomic E-state index is -0.205. The van der Waals surface area contributed by atoms with Gasteiger partial charge in [-0.1, -0.05) is 17.7 Å². The number of carbonyl (C=O) groups excluding carboxylic acids is 1. The molecule has 2 aromatic carbocycles. The fourth-order valence-electron chi connectivity index (χ4n) is 2.43. The van der Waals surface area contributed by atoms with Gasteiger partial charge in [0, 0.05) is 22.5 Å². The van der Waals surface area contributed by atoms with E-state index in [0.29, 0.717) is 33.2 Å². The quantitative estimate of drug-likeness (QED) is 0.567. The first-order chi connectivity index (χ1) is 12.0. The summed E-state index contributed by atoms with van der Waals surface area (Å²) in [5.74, 6) is 0.00131. The zero-order valence-corrected chi connectivity index (χ0v) is 14.5. The van der Waals surface area contributed by atoms with Crippen molar-refractivity contribution in [2.45, 2.75) is 13.8 Å². The lowest BCUT2D eigenvalue weighted by atomic mass is 10.1. The normalized spacial score (nSPS) is 11.2. The maximum Gasteiger partial charge on any atom is 0.280 e. The molecule has 0 unspecified atom stereocenters. The maximum atomic E-state index is 12.6. The highest BCUT2D eigenvalue weighted by Gasteiger charge is 2.11. The smallest absolute Gasteiger partial charge is 0.280 e. The fourth-order valence-corrected chi connectivity index (χ4v) is 2.61. The van der Waals surface area contributed by atoms with Crippen LogP contribution in [0.5, 0.6) is 0 Å². The lowest BCUT2D eigenvalue weighted by Crippen LogP contribution is -2.17. The lowest BCUT2D eigenvalue weighted by molar-refractivity contribution is 0.101. The molecule has 1 heterocycles. The summed E-state index contributed by atoms with van der Waals surface area (Å²) >= 11 is 5.99. The topological polar surface area (TPSA) is 67.2 Å². The van der Waals surface area contributed by atoms with Gasteiger partial charge in [0.1, 0.15) is 0 Å². The van der Waals surface area contributed by atoms with Gasteiger partial charge in [-0.25, -0.2) is 4.68 Å². The molecule has 6 heteroatoms. The van der Waals surface area contributed by atoms with E-state index in [9.17, 15) is 9.59 Å². The fraction of sp³-hybridized carbons (Fsp3) is 0.105. The summed E-state index contributed by atoms with van der Waals surface area (Å²) in [6, 6.07) is 13.9. The van der Waals surface area contributed by atoms with E-state index in [1.807, 2.05) is 6.92 Å². The first-order valence-corrected chi connectivity index (χ1v) is 8.06. The number of nitrogens with one attached hydrogen (secondary N) is 1. The van der Waals surface area contributed by atoms with Crippen molar-refractivity contribution in [1.82, 2.24) is 9.78 Å². The summed E-state index contributed by atoms with van der Waals surface area (Å²) < 4.78 is 1.43. The van der Waals surface area contributed by atoms with Crippen LogP contribution in [0.3, 0.4) is 0 Å². The second-order valence-electron chi connectivity index (χ2n) is 5.63. The number of aromatic nitrogens is 2. The van der Waals surface area contributed by atoms with E-state index >= 15 is 0 Å². The highest BCUT2D eigenvalue weighted by molar-refractivity contribution is 6.30. The van der Waals surface area contributed by atoms with Gasteiger partial charge in [0.15, 0.2) is 5.78 Å². The summed E-state index contributed by atoms with van der Waals surface area (Å²) in [5, 5.41) is 3.58. The van der Waals surface area contributed by atoms with E-state index in [0.717, 1.165) is 0 Å². The molecule has 1 aromatic heterocycles. The number of nitrogens with zero attached hydrogens (tertiary/aromatic N) is 2. The second-order valence-corrected chi connectivity index (χ2v) is 6.07. The molecule has 3 rings (SSSR count). The lowest BCUT2D eigenvalue weighted by Gasteiger charge is -2.01. The molecule has 0 aliphatic rings. The van der Waals surface area contributed by atoms with Gasteiger partial charge in [-0.2, -0.15) is 0 Å². The third-order valence-corrected chi connectivity index (χ3v) is 4.04. The number of hydrogen-bond donors (Lipinski definition) is 1. The first kappa shape index (κ1) is 16.9. The van der Waals surface area contributed by atoms with Crippen molar-refractivity contribution in [3.63, 3.8) is 0 Å². The number of rotatable bonds is 4. The molecule has 0 saturated heterocycles. The zero-order chi connectivity index (χ0) is 18.0. The molecule has 3 aromatic rings. The van der Waals surface area contributed by atoms with Crippen LogP contribution in [0.25, 0.3) is 5.69 Å². The molecule has 0 spiro atoms. The molecule has 5 nitrogen and oxygen atoms in total. The number of H-pyrrole nitrogens is 1. The van der Waals surface area contributed by atoms with Crippen molar-refractivity contribution in [2.24, 2.45) is 4.99 Å². The number of aromatic amines is 1. The number of aryl methyl sites for hydroxylation is 1. The summed E-state index contributed by atoms with van der Waals surface area (Å²) in [4.78, 5) is 28.2. The Kier molecular flexibility index (Phi) is 4.67. The SMILES string of the molecule is CC(=O)c1ccc(N=Cc2c(C)[nH]n(-c3cccc(Cl)c3)c2=O)cc1. The first-order valence-electron chi connectivity index (χ1n) is 7.68. The van der Waals surface area contributed by atoms with E-state index in [4.69, 9.17) is 11.6 Å². The van der Waals surface area contributed by atoms with Gasteiger partial charge >= 0.3 is 0 Å². The van der Waals surface area contributed by atoms with Crippen molar-refractivity contribution < 1.29 is 4.79 Å². The Bertz CT molecular complexity index is 1010. The standard InChI is InChI=1S/C19H16ClN3O2/c1-12-18(11-21-16-8-6-14(7-9-16)13(2)24)19(25)23(22-12)17-5-3-4-15(20)10-17/h3-11,22H,1-2H3. The van der Waals surface area contributed by atoms with E-state index in [-0.39, 0.29) is 11.3 Å². The predicted octanol–water partition coefficient (Wildman–Crippen LogP) is 4.08. The van der Waals surface area contributed by atoms with Crippen LogP contribution >= 0.6 is 11.6 Å². The summed E-state index contributed by atoms with van der Waals surface area (Å²) in [6.07, 6.45) is 1.53. The third-order valence-electron chi connectivity index (χ3n) is 3.80. The molecule has 0 fully saturated rings. The van der Waals surface area contributed by atoms with Gasteiger partial charge < -0.3 is 0 Å². The molecule has 25 heavy (non-hydrogen) atoms. The number of Topliss-reactive ketones (excluding diaryl/α,β-unsaturated/α-hetero) is 1. The third kappa shape index (κ3) is 3.61. The minimum absolute atomic E-state index is 0.00131. The Morgan fingerprint density at radius 3 is 2.56 bits per heavy atom. The van der Waals surface area contributed by atoms with Gasteiger partial charge in [-0.05, 0) is 56.3 Å². The molecule has 1 N–H and O–H groups in total. The number of aliphatic imine (C=N–C) groups is 1. The molecule has 0 saturated carbocycles. The van der Waals surface area contributed by atoms with Crippen LogP contribution in [0.2, 0.25) is 5.02 Å². The van der Waals surface area contributed by atoms with Gasteiger partial charge in [0.2, 0.25) is 0 Å². The number of ketones is 1. The van der Waals surface area contributed by atoms with Crippen molar-refractivity contribution >= 4 is 29.3 Å². The maximum absolute atomic E-state index is 12.6. The van der Waals surface area contributed by atoms with E-state index < -0.39 is 0 Å². The Morgan fingerprint density at radius 1 is 1.20 bits per heavy atom. The number of carbonyl (C=O) groups is 1. The van der Waals surface area contributed by atoms with Gasteiger partial charge in [-0.3, -0.25) is 19.7 Å². The van der Waals surface area contributed by atoms with Crippen molar-refractivity contribution in [2.75, 3.05) is 0 Å². The van der Waals surface area contributed by atoms with E-state index in [2.05, 4.69) is 10.1 Å².